The summed E-state index contributed by atoms with van der Waals surface area (Å²) in [6.45, 7) is 5.30. The summed E-state index contributed by atoms with van der Waals surface area (Å²) in [6, 6.07) is 5.37. The number of alkyl halides is 1. The van der Waals surface area contributed by atoms with Crippen molar-refractivity contribution < 1.29 is 43.9 Å². The van der Waals surface area contributed by atoms with Gasteiger partial charge in [0, 0.05) is 7.11 Å². The van der Waals surface area contributed by atoms with Gasteiger partial charge in [0.25, 0.3) is 0 Å². The van der Waals surface area contributed by atoms with Gasteiger partial charge in [-0.2, -0.15) is 0 Å². The molecule has 1 amide bonds. The average molecular weight is 470 g/mol. The van der Waals surface area contributed by atoms with Crippen LogP contribution < -0.4 is 25.9 Å². The van der Waals surface area contributed by atoms with Gasteiger partial charge in [-0.3, -0.25) is 0 Å². The second kappa shape index (κ2) is 11.0. The van der Waals surface area contributed by atoms with Crippen molar-refractivity contribution in [2.45, 2.75) is 20.3 Å². The number of hydrogen-bond donors (Lipinski definition) is 1. The molecular formula is C16H25INO5S-. The van der Waals surface area contributed by atoms with Gasteiger partial charge in [-0.05, 0) is 0 Å². The van der Waals surface area contributed by atoms with Crippen molar-refractivity contribution in [3.63, 3.8) is 0 Å². The zero-order chi connectivity index (χ0) is 18.0. The first-order valence-electron chi connectivity index (χ1n) is 7.71. The third-order valence-corrected chi connectivity index (χ3v) is 7.20. The van der Waals surface area contributed by atoms with Gasteiger partial charge in [-0.1, -0.05) is 0 Å². The number of methoxy groups -OCH3 is 1. The van der Waals surface area contributed by atoms with E-state index in [1.54, 1.807) is 19.2 Å². The third kappa shape index (κ3) is 7.91. The van der Waals surface area contributed by atoms with Gasteiger partial charge in [-0.15, -0.1) is 0 Å². The molecule has 6 nitrogen and oxygen atoms in total. The first kappa shape index (κ1) is 21.3. The van der Waals surface area contributed by atoms with E-state index in [1.807, 2.05) is 13.0 Å². The van der Waals surface area contributed by atoms with Crippen molar-refractivity contribution >= 4 is 15.9 Å². The molecule has 24 heavy (non-hydrogen) atoms. The monoisotopic (exact) mass is 470 g/mol. The molecular weight excluding hydrogens is 445 g/mol. The predicted molar refractivity (Wildman–Crippen MR) is 89.0 cm³/mol. The van der Waals surface area contributed by atoms with Crippen molar-refractivity contribution in [3.8, 4) is 0 Å². The Hall–Kier alpha value is -0.710. The number of carbonyl (C=O) groups excluding carboxylic acids is 1. The van der Waals surface area contributed by atoms with E-state index in [0.717, 1.165) is 9.99 Å². The van der Waals surface area contributed by atoms with Crippen LogP contribution in [0.15, 0.2) is 18.2 Å². The van der Waals surface area contributed by atoms with Crippen LogP contribution in [0.3, 0.4) is 0 Å². The van der Waals surface area contributed by atoms with Gasteiger partial charge in [0.1, 0.15) is 0 Å². The molecule has 0 bridgehead atoms. The molecule has 0 radical (unpaired) electrons. The molecule has 0 spiro atoms. The molecule has 0 atom stereocenters. The number of halogens is 1. The van der Waals surface area contributed by atoms with Gasteiger partial charge < -0.3 is 4.74 Å². The molecule has 0 aromatic heterocycles. The molecule has 1 aromatic carbocycles. The minimum absolute atomic E-state index is 0.0401. The predicted octanol–water partition coefficient (Wildman–Crippen LogP) is -1.61. The van der Waals surface area contributed by atoms with E-state index in [1.165, 1.54) is 3.57 Å². The summed E-state index contributed by atoms with van der Waals surface area (Å²) in [5.74, 6) is -0.732. The molecule has 1 rings (SSSR count). The van der Waals surface area contributed by atoms with Gasteiger partial charge in [0.05, 0.1) is 6.61 Å². The van der Waals surface area contributed by atoms with Crippen LogP contribution in [0.2, 0.25) is 0 Å². The zero-order valence-corrected chi connectivity index (χ0v) is 17.3. The fraction of sp³-hybridized carbons (Fsp3) is 0.562. The van der Waals surface area contributed by atoms with Gasteiger partial charge in [0.15, 0.2) is 0 Å². The summed E-state index contributed by atoms with van der Waals surface area (Å²) < 4.78 is 38.5. The quantitative estimate of drug-likeness (QED) is 0.239. The second-order valence-corrected chi connectivity index (χ2v) is 10.4. The Balaban J connectivity index is 2.52. The normalized spacial score (nSPS) is 11.6. The van der Waals surface area contributed by atoms with Crippen LogP contribution in [-0.4, -0.2) is 51.4 Å². The number of nitrogens with one attached hydrogen (secondary N) is 1. The van der Waals surface area contributed by atoms with E-state index in [9.17, 15) is 13.2 Å². The number of ether oxygens (including phenoxy) is 2. The van der Waals surface area contributed by atoms with E-state index in [4.69, 9.17) is 9.47 Å². The standard InChI is InChI=1S/C16H25INO5S/c1-4-17-15-7-6-14(12-13(15)2)16(19)18-24(20,21)11-5-8-23-10-9-22-3/h6-7,12H,4-5,8-11H2,1-3H3,(H,18,19)/q-1. The van der Waals surface area contributed by atoms with E-state index < -0.39 is 15.9 Å². The number of carbonyl (C=O) groups is 1. The maximum absolute atomic E-state index is 12.1. The van der Waals surface area contributed by atoms with Gasteiger partial charge >= 0.3 is 136 Å². The van der Waals surface area contributed by atoms with Crippen LogP contribution >= 0.6 is 0 Å². The van der Waals surface area contributed by atoms with Crippen molar-refractivity contribution in [2.24, 2.45) is 0 Å². The Morgan fingerprint density at radius 3 is 2.62 bits per heavy atom. The second-order valence-electron chi connectivity index (χ2n) is 5.07. The Bertz CT molecular complexity index is 633. The molecule has 0 fully saturated rings. The maximum atomic E-state index is 12.1. The molecule has 0 saturated heterocycles. The molecule has 0 aliphatic rings. The Kier molecular flexibility index (Phi) is 9.79. The van der Waals surface area contributed by atoms with Crippen LogP contribution in [-0.2, 0) is 19.5 Å². The molecule has 1 aromatic rings. The van der Waals surface area contributed by atoms with Crippen LogP contribution in [0.1, 0.15) is 29.3 Å². The zero-order valence-electron chi connectivity index (χ0n) is 14.3. The van der Waals surface area contributed by atoms with Crippen LogP contribution in [0.4, 0.5) is 0 Å². The van der Waals surface area contributed by atoms with E-state index in [-0.39, 0.29) is 27.0 Å². The summed E-state index contributed by atoms with van der Waals surface area (Å²) >= 11 is -0.0401. The molecule has 1 N–H and O–H groups in total. The molecule has 0 aliphatic carbocycles. The molecule has 138 valence electrons. The van der Waals surface area contributed by atoms with Crippen LogP contribution in [0, 0.1) is 10.5 Å². The average Bonchev–Trinajstić information content (AvgIpc) is 2.52. The Labute approximate surface area is 154 Å². The number of benzene rings is 1. The molecule has 0 heterocycles. The van der Waals surface area contributed by atoms with Crippen LogP contribution in [0.5, 0.6) is 0 Å². The summed E-state index contributed by atoms with van der Waals surface area (Å²) in [5, 5.41) is 0. The van der Waals surface area contributed by atoms with Crippen molar-refractivity contribution in [3.05, 3.63) is 32.9 Å². The molecule has 0 saturated carbocycles. The first-order chi connectivity index (χ1) is 11.4. The van der Waals surface area contributed by atoms with Crippen molar-refractivity contribution in [2.75, 3.05) is 37.1 Å². The number of hydrogen-bond acceptors (Lipinski definition) is 5. The summed E-state index contributed by atoms with van der Waals surface area (Å²) in [5.41, 5.74) is 1.41. The number of sulfonamides is 1. The fourth-order valence-corrected chi connectivity index (χ4v) is 4.94. The van der Waals surface area contributed by atoms with Gasteiger partial charge in [0.2, 0.25) is 0 Å². The number of aryl methyl sites for hydroxylation is 1. The van der Waals surface area contributed by atoms with Crippen LogP contribution in [0.25, 0.3) is 0 Å². The Morgan fingerprint density at radius 2 is 2.00 bits per heavy atom. The minimum atomic E-state index is -3.66. The molecule has 8 heteroatoms. The fourth-order valence-electron chi connectivity index (χ4n) is 1.93. The number of amides is 1. The summed E-state index contributed by atoms with van der Waals surface area (Å²) in [6.07, 6.45) is 0.325. The SMILES string of the molecule is CC[I-]c1ccc(C(=O)NS(=O)(=O)CCCOCCOC)cc1C. The third-order valence-electron chi connectivity index (χ3n) is 3.08. The Morgan fingerprint density at radius 1 is 1.25 bits per heavy atom. The summed E-state index contributed by atoms with van der Waals surface area (Å²) in [7, 11) is -2.09. The summed E-state index contributed by atoms with van der Waals surface area (Å²) in [4.78, 5) is 12.1. The van der Waals surface area contributed by atoms with E-state index in [2.05, 4.69) is 11.6 Å². The van der Waals surface area contributed by atoms with Crippen molar-refractivity contribution in [1.82, 2.24) is 4.72 Å². The first-order valence-corrected chi connectivity index (χ1v) is 12.0. The number of rotatable bonds is 11. The van der Waals surface area contributed by atoms with Gasteiger partial charge in [-0.25, -0.2) is 0 Å². The molecule has 0 unspecified atom stereocenters. The molecule has 0 aliphatic heterocycles. The van der Waals surface area contributed by atoms with E-state index >= 15 is 0 Å². The van der Waals surface area contributed by atoms with Crippen molar-refractivity contribution in [1.29, 1.82) is 0 Å². The van der Waals surface area contributed by atoms with E-state index in [0.29, 0.717) is 31.8 Å². The topological polar surface area (TPSA) is 81.7 Å².